The lowest BCUT2D eigenvalue weighted by Crippen LogP contribution is -2.41. The molecular weight excluding hydrogens is 436 g/mol. The Bertz CT molecular complexity index is 1010. The van der Waals surface area contributed by atoms with Gasteiger partial charge in [-0.2, -0.15) is 0 Å². The van der Waals surface area contributed by atoms with E-state index in [1.807, 2.05) is 23.1 Å². The molecule has 0 radical (unpaired) electrons. The zero-order chi connectivity index (χ0) is 24.5. The molecule has 1 N–H and O–H groups in total. The van der Waals surface area contributed by atoms with Gasteiger partial charge >= 0.3 is 5.97 Å². The summed E-state index contributed by atoms with van der Waals surface area (Å²) < 4.78 is 15.6. The van der Waals surface area contributed by atoms with Crippen LogP contribution < -0.4 is 19.5 Å². The monoisotopic (exact) mass is 468 g/mol. The highest BCUT2D eigenvalue weighted by atomic mass is 16.5. The molecule has 2 aromatic rings. The summed E-state index contributed by atoms with van der Waals surface area (Å²) in [5.74, 6) is 1.53. The standard InChI is InChI=1S/C26H32N2O6/c1-18(29)34-22-6-4-5-21(16-22)26(31)28-13-11-20(12-14-28)17-27-25(30)10-8-19-7-9-23(32-2)24(15-19)33-3/h4-7,9,15-16,20H,8,10-14,17H2,1-3H3,(H,27,30). The van der Waals surface area contributed by atoms with E-state index in [0.717, 1.165) is 18.4 Å². The summed E-state index contributed by atoms with van der Waals surface area (Å²) in [7, 11) is 3.18. The maximum atomic E-state index is 12.8. The van der Waals surface area contributed by atoms with Crippen molar-refractivity contribution >= 4 is 17.8 Å². The minimum atomic E-state index is -0.420. The summed E-state index contributed by atoms with van der Waals surface area (Å²) in [6, 6.07) is 12.3. The fourth-order valence-electron chi connectivity index (χ4n) is 4.02. The topological polar surface area (TPSA) is 94.2 Å². The van der Waals surface area contributed by atoms with Gasteiger partial charge in [-0.1, -0.05) is 12.1 Å². The average molecular weight is 469 g/mol. The Balaban J connectivity index is 1.41. The van der Waals surface area contributed by atoms with E-state index < -0.39 is 5.97 Å². The lowest BCUT2D eigenvalue weighted by atomic mass is 9.96. The third kappa shape index (κ3) is 6.97. The maximum absolute atomic E-state index is 12.8. The van der Waals surface area contributed by atoms with Crippen LogP contribution in [0.15, 0.2) is 42.5 Å². The number of hydrogen-bond donors (Lipinski definition) is 1. The smallest absolute Gasteiger partial charge is 0.308 e. The van der Waals surface area contributed by atoms with E-state index in [1.165, 1.54) is 6.92 Å². The van der Waals surface area contributed by atoms with Gasteiger partial charge in [0.2, 0.25) is 5.91 Å². The SMILES string of the molecule is COc1ccc(CCC(=O)NCC2CCN(C(=O)c3cccc(OC(C)=O)c3)CC2)cc1OC. The molecule has 1 aliphatic rings. The molecule has 0 aliphatic carbocycles. The van der Waals surface area contributed by atoms with Crippen molar-refractivity contribution in [1.29, 1.82) is 0 Å². The Kier molecular flexibility index (Phi) is 8.90. The first-order valence-corrected chi connectivity index (χ1v) is 11.4. The van der Waals surface area contributed by atoms with Crippen LogP contribution in [0, 0.1) is 5.92 Å². The highest BCUT2D eigenvalue weighted by molar-refractivity contribution is 5.94. The number of likely N-dealkylation sites (tertiary alicyclic amines) is 1. The van der Waals surface area contributed by atoms with Crippen LogP contribution in [0.4, 0.5) is 0 Å². The summed E-state index contributed by atoms with van der Waals surface area (Å²) >= 11 is 0. The molecule has 182 valence electrons. The normalized spacial score (nSPS) is 13.8. The molecule has 2 aromatic carbocycles. The van der Waals surface area contributed by atoms with Crippen LogP contribution in [0.1, 0.15) is 42.1 Å². The summed E-state index contributed by atoms with van der Waals surface area (Å²) in [6.07, 6.45) is 2.66. The van der Waals surface area contributed by atoms with Gasteiger partial charge in [-0.25, -0.2) is 0 Å². The van der Waals surface area contributed by atoms with Crippen LogP contribution in [0.25, 0.3) is 0 Å². The fourth-order valence-corrected chi connectivity index (χ4v) is 4.02. The van der Waals surface area contributed by atoms with Crippen LogP contribution >= 0.6 is 0 Å². The fraction of sp³-hybridized carbons (Fsp3) is 0.423. The molecule has 8 nitrogen and oxygen atoms in total. The van der Waals surface area contributed by atoms with Crippen LogP contribution in [-0.2, 0) is 16.0 Å². The van der Waals surface area contributed by atoms with Crippen molar-refractivity contribution in [3.63, 3.8) is 0 Å². The zero-order valence-corrected chi connectivity index (χ0v) is 20.0. The second kappa shape index (κ2) is 12.1. The number of ether oxygens (including phenoxy) is 3. The van der Waals surface area contributed by atoms with Gasteiger partial charge in [0.1, 0.15) is 5.75 Å². The van der Waals surface area contributed by atoms with Gasteiger partial charge in [0, 0.05) is 38.5 Å². The van der Waals surface area contributed by atoms with Crippen molar-refractivity contribution in [3.05, 3.63) is 53.6 Å². The molecule has 0 aromatic heterocycles. The number of hydrogen-bond acceptors (Lipinski definition) is 6. The van der Waals surface area contributed by atoms with Gasteiger partial charge in [-0.3, -0.25) is 14.4 Å². The largest absolute Gasteiger partial charge is 0.493 e. The Morgan fingerprint density at radius 2 is 1.74 bits per heavy atom. The quantitative estimate of drug-likeness (QED) is 0.449. The van der Waals surface area contributed by atoms with Crippen molar-refractivity contribution in [1.82, 2.24) is 10.2 Å². The van der Waals surface area contributed by atoms with Crippen molar-refractivity contribution in [3.8, 4) is 17.2 Å². The maximum Gasteiger partial charge on any atom is 0.308 e. The van der Waals surface area contributed by atoms with Crippen molar-refractivity contribution in [2.45, 2.75) is 32.6 Å². The van der Waals surface area contributed by atoms with Gasteiger partial charge in [-0.15, -0.1) is 0 Å². The minimum Gasteiger partial charge on any atom is -0.493 e. The molecule has 1 aliphatic heterocycles. The number of rotatable bonds is 9. The Hall–Kier alpha value is -3.55. The van der Waals surface area contributed by atoms with Crippen molar-refractivity contribution in [2.24, 2.45) is 5.92 Å². The third-order valence-corrected chi connectivity index (χ3v) is 5.92. The number of nitrogens with one attached hydrogen (secondary N) is 1. The second-order valence-corrected chi connectivity index (χ2v) is 8.35. The van der Waals surface area contributed by atoms with Crippen LogP contribution in [0.5, 0.6) is 17.2 Å². The van der Waals surface area contributed by atoms with Gasteiger partial charge in [-0.05, 0) is 61.1 Å². The molecule has 3 rings (SSSR count). The molecule has 1 saturated heterocycles. The Morgan fingerprint density at radius 1 is 1.00 bits per heavy atom. The van der Waals surface area contributed by atoms with Crippen molar-refractivity contribution < 1.29 is 28.6 Å². The molecule has 8 heteroatoms. The molecule has 1 heterocycles. The first kappa shape index (κ1) is 25.1. The zero-order valence-electron chi connectivity index (χ0n) is 20.0. The summed E-state index contributed by atoms with van der Waals surface area (Å²) in [5, 5.41) is 3.03. The third-order valence-electron chi connectivity index (χ3n) is 5.92. The first-order chi connectivity index (χ1) is 16.4. The number of aryl methyl sites for hydroxylation is 1. The number of carbonyl (C=O) groups excluding carboxylic acids is 3. The van der Waals surface area contributed by atoms with E-state index in [0.29, 0.717) is 61.2 Å². The predicted molar refractivity (Wildman–Crippen MR) is 127 cm³/mol. The first-order valence-electron chi connectivity index (χ1n) is 11.4. The number of nitrogens with zero attached hydrogens (tertiary/aromatic N) is 1. The number of methoxy groups -OCH3 is 2. The number of esters is 1. The van der Waals surface area contributed by atoms with E-state index in [4.69, 9.17) is 14.2 Å². The number of piperidine rings is 1. The number of benzene rings is 2. The van der Waals surface area contributed by atoms with E-state index in [-0.39, 0.29) is 11.8 Å². The van der Waals surface area contributed by atoms with E-state index in [9.17, 15) is 14.4 Å². The molecule has 2 amide bonds. The van der Waals surface area contributed by atoms with Gasteiger partial charge < -0.3 is 24.4 Å². The molecule has 0 spiro atoms. The molecular formula is C26H32N2O6. The highest BCUT2D eigenvalue weighted by Crippen LogP contribution is 2.28. The second-order valence-electron chi connectivity index (χ2n) is 8.35. The number of carbonyl (C=O) groups is 3. The van der Waals surface area contributed by atoms with Gasteiger partial charge in [0.05, 0.1) is 14.2 Å². The molecule has 1 fully saturated rings. The van der Waals surface area contributed by atoms with Crippen LogP contribution in [-0.4, -0.2) is 56.5 Å². The van der Waals surface area contributed by atoms with E-state index in [1.54, 1.807) is 38.5 Å². The van der Waals surface area contributed by atoms with E-state index >= 15 is 0 Å². The molecule has 0 bridgehead atoms. The Morgan fingerprint density at radius 3 is 2.41 bits per heavy atom. The lowest BCUT2D eigenvalue weighted by Gasteiger charge is -2.32. The predicted octanol–water partition coefficient (Wildman–Crippen LogP) is 3.23. The van der Waals surface area contributed by atoms with Gasteiger partial charge in [0.15, 0.2) is 11.5 Å². The number of amides is 2. The van der Waals surface area contributed by atoms with Crippen LogP contribution in [0.2, 0.25) is 0 Å². The minimum absolute atomic E-state index is 0.00979. The summed E-state index contributed by atoms with van der Waals surface area (Å²) in [4.78, 5) is 38.1. The summed E-state index contributed by atoms with van der Waals surface area (Å²) in [5.41, 5.74) is 1.51. The Labute approximate surface area is 200 Å². The van der Waals surface area contributed by atoms with Gasteiger partial charge in [0.25, 0.3) is 5.91 Å². The van der Waals surface area contributed by atoms with E-state index in [2.05, 4.69) is 5.32 Å². The molecule has 0 atom stereocenters. The highest BCUT2D eigenvalue weighted by Gasteiger charge is 2.24. The molecule has 0 saturated carbocycles. The van der Waals surface area contributed by atoms with Crippen molar-refractivity contribution in [2.75, 3.05) is 33.9 Å². The average Bonchev–Trinajstić information content (AvgIpc) is 2.85. The lowest BCUT2D eigenvalue weighted by molar-refractivity contribution is -0.131. The molecule has 0 unspecified atom stereocenters. The summed E-state index contributed by atoms with van der Waals surface area (Å²) in [6.45, 7) is 3.19. The van der Waals surface area contributed by atoms with Crippen LogP contribution in [0.3, 0.4) is 0 Å². The molecule has 34 heavy (non-hydrogen) atoms.